The van der Waals surface area contributed by atoms with E-state index in [1.807, 2.05) is 0 Å². The number of carbonyl (C=O) groups is 3. The third-order valence-corrected chi connectivity index (χ3v) is 4.62. The second-order valence-corrected chi connectivity index (χ2v) is 5.84. The molecule has 8 heteroatoms. The first kappa shape index (κ1) is 14.5. The minimum atomic E-state index is -1.61. The van der Waals surface area contributed by atoms with Gasteiger partial charge in [0.25, 0.3) is 5.91 Å². The molecule has 1 heterocycles. The molecule has 116 valence electrons. The summed E-state index contributed by atoms with van der Waals surface area (Å²) in [6, 6.07) is 2.61. The van der Waals surface area contributed by atoms with Crippen LogP contribution in [0, 0.1) is 17.8 Å². The van der Waals surface area contributed by atoms with Crippen molar-refractivity contribution in [2.45, 2.75) is 18.0 Å². The lowest BCUT2D eigenvalue weighted by Crippen LogP contribution is -2.52. The number of carbonyl (C=O) groups excluding carboxylic acids is 1. The average Bonchev–Trinajstić information content (AvgIpc) is 3.17. The number of nitrogens with one attached hydrogen (secondary N) is 1. The number of pyridine rings is 1. The van der Waals surface area contributed by atoms with Crippen molar-refractivity contribution in [3.63, 3.8) is 0 Å². The Morgan fingerprint density at radius 1 is 1.36 bits per heavy atom. The first-order valence-corrected chi connectivity index (χ1v) is 6.82. The fourth-order valence-electron chi connectivity index (χ4n) is 3.58. The molecule has 0 bridgehead atoms. The van der Waals surface area contributed by atoms with Crippen LogP contribution in [0.5, 0.6) is 0 Å². The SMILES string of the molecule is NC1(C(=O)O)CC(NC(=O)c2cccnc2)C2C(C(=O)O)C21. The van der Waals surface area contributed by atoms with E-state index in [4.69, 9.17) is 5.73 Å². The zero-order chi connectivity index (χ0) is 16.1. The number of fused-ring (bicyclic) bond motifs is 1. The van der Waals surface area contributed by atoms with Crippen LogP contribution >= 0.6 is 0 Å². The molecule has 5 N–H and O–H groups in total. The van der Waals surface area contributed by atoms with Gasteiger partial charge in [-0.25, -0.2) is 0 Å². The highest BCUT2D eigenvalue weighted by molar-refractivity contribution is 5.94. The predicted molar refractivity (Wildman–Crippen MR) is 72.8 cm³/mol. The Balaban J connectivity index is 1.79. The number of carboxylic acid groups (broad SMARTS) is 2. The van der Waals surface area contributed by atoms with Gasteiger partial charge in [0.15, 0.2) is 0 Å². The third kappa shape index (κ3) is 2.03. The summed E-state index contributed by atoms with van der Waals surface area (Å²) in [5.74, 6) is -4.65. The van der Waals surface area contributed by atoms with Gasteiger partial charge in [0, 0.05) is 24.4 Å². The topological polar surface area (TPSA) is 143 Å². The predicted octanol–water partition coefficient (Wildman–Crippen LogP) is -0.687. The van der Waals surface area contributed by atoms with Crippen LogP contribution in [0.3, 0.4) is 0 Å². The van der Waals surface area contributed by atoms with Crippen molar-refractivity contribution in [2.75, 3.05) is 0 Å². The fraction of sp³-hybridized carbons (Fsp3) is 0.429. The molecular weight excluding hydrogens is 290 g/mol. The molecule has 2 aliphatic rings. The summed E-state index contributed by atoms with van der Waals surface area (Å²) in [6.07, 6.45) is 2.93. The monoisotopic (exact) mass is 305 g/mol. The van der Waals surface area contributed by atoms with Crippen molar-refractivity contribution >= 4 is 17.8 Å². The smallest absolute Gasteiger partial charge is 0.324 e. The molecule has 2 saturated carbocycles. The number of carboxylic acids is 2. The number of nitrogens with two attached hydrogens (primary N) is 1. The van der Waals surface area contributed by atoms with Crippen molar-refractivity contribution in [1.29, 1.82) is 0 Å². The summed E-state index contributed by atoms with van der Waals surface area (Å²) in [5, 5.41) is 21.2. The summed E-state index contributed by atoms with van der Waals surface area (Å²) in [7, 11) is 0. The van der Waals surface area contributed by atoms with Crippen LogP contribution < -0.4 is 11.1 Å². The molecule has 22 heavy (non-hydrogen) atoms. The zero-order valence-electron chi connectivity index (χ0n) is 11.5. The molecule has 2 aliphatic carbocycles. The molecule has 0 aromatic carbocycles. The Hall–Kier alpha value is -2.48. The van der Waals surface area contributed by atoms with Gasteiger partial charge in [-0.2, -0.15) is 0 Å². The Morgan fingerprint density at radius 3 is 2.64 bits per heavy atom. The van der Waals surface area contributed by atoms with Crippen LogP contribution in [0.1, 0.15) is 16.8 Å². The van der Waals surface area contributed by atoms with Gasteiger partial charge in [-0.3, -0.25) is 19.4 Å². The summed E-state index contributed by atoms with van der Waals surface area (Å²) in [5.41, 5.74) is 4.61. The Morgan fingerprint density at radius 2 is 2.09 bits per heavy atom. The summed E-state index contributed by atoms with van der Waals surface area (Å²) in [4.78, 5) is 38.6. The number of aromatic nitrogens is 1. The van der Waals surface area contributed by atoms with Gasteiger partial charge in [-0.05, 0) is 24.5 Å². The van der Waals surface area contributed by atoms with E-state index in [2.05, 4.69) is 10.3 Å². The summed E-state index contributed by atoms with van der Waals surface area (Å²) in [6.45, 7) is 0. The molecule has 5 unspecified atom stereocenters. The maximum atomic E-state index is 12.1. The first-order chi connectivity index (χ1) is 10.4. The second-order valence-electron chi connectivity index (χ2n) is 5.84. The molecular formula is C14H15N3O5. The Labute approximate surface area is 125 Å². The number of amides is 1. The molecule has 0 spiro atoms. The minimum Gasteiger partial charge on any atom is -0.481 e. The molecule has 1 amide bonds. The van der Waals surface area contributed by atoms with Crippen LogP contribution in [0.25, 0.3) is 0 Å². The van der Waals surface area contributed by atoms with Gasteiger partial charge < -0.3 is 21.3 Å². The van der Waals surface area contributed by atoms with Crippen LogP contribution in [-0.2, 0) is 9.59 Å². The van der Waals surface area contributed by atoms with Gasteiger partial charge in [0.1, 0.15) is 5.54 Å². The lowest BCUT2D eigenvalue weighted by Gasteiger charge is -2.25. The molecule has 5 atom stereocenters. The lowest BCUT2D eigenvalue weighted by atomic mass is 9.90. The third-order valence-electron chi connectivity index (χ3n) is 4.62. The lowest BCUT2D eigenvalue weighted by molar-refractivity contribution is -0.145. The minimum absolute atomic E-state index is 0.0213. The highest BCUT2D eigenvalue weighted by atomic mass is 16.4. The number of hydrogen-bond acceptors (Lipinski definition) is 5. The maximum Gasteiger partial charge on any atom is 0.324 e. The highest BCUT2D eigenvalue weighted by Crippen LogP contribution is 2.61. The van der Waals surface area contributed by atoms with Gasteiger partial charge in [0.2, 0.25) is 0 Å². The molecule has 0 saturated heterocycles. The molecule has 3 rings (SSSR count). The van der Waals surface area contributed by atoms with Crippen LogP contribution in [0.2, 0.25) is 0 Å². The van der Waals surface area contributed by atoms with Crippen LogP contribution in [0.4, 0.5) is 0 Å². The van der Waals surface area contributed by atoms with Crippen LogP contribution in [0.15, 0.2) is 24.5 Å². The molecule has 1 aromatic rings. The fourth-order valence-corrected chi connectivity index (χ4v) is 3.58. The van der Waals surface area contributed by atoms with E-state index in [1.54, 1.807) is 12.1 Å². The van der Waals surface area contributed by atoms with Gasteiger partial charge in [0.05, 0.1) is 11.5 Å². The summed E-state index contributed by atoms with van der Waals surface area (Å²) < 4.78 is 0. The standard InChI is InChI=1S/C14H15N3O5/c15-14(13(21)22)4-7(8-9(10(8)14)12(19)20)17-11(18)6-2-1-3-16-5-6/h1-3,5,7-10H,4,15H2,(H,17,18)(H,19,20)(H,21,22). The zero-order valence-corrected chi connectivity index (χ0v) is 11.5. The van der Waals surface area contributed by atoms with Crippen LogP contribution in [-0.4, -0.2) is 44.6 Å². The Bertz CT molecular complexity index is 649. The number of nitrogens with zero attached hydrogens (tertiary/aromatic N) is 1. The molecule has 8 nitrogen and oxygen atoms in total. The van der Waals surface area contributed by atoms with E-state index in [9.17, 15) is 24.6 Å². The van der Waals surface area contributed by atoms with Crippen molar-refractivity contribution in [2.24, 2.45) is 23.5 Å². The number of rotatable bonds is 4. The van der Waals surface area contributed by atoms with E-state index in [0.717, 1.165) is 0 Å². The molecule has 0 aliphatic heterocycles. The van der Waals surface area contributed by atoms with E-state index < -0.39 is 47.2 Å². The Kier molecular flexibility index (Phi) is 3.13. The number of hydrogen-bond donors (Lipinski definition) is 4. The van der Waals surface area contributed by atoms with E-state index in [-0.39, 0.29) is 6.42 Å². The van der Waals surface area contributed by atoms with Gasteiger partial charge in [-0.1, -0.05) is 0 Å². The first-order valence-electron chi connectivity index (χ1n) is 6.82. The molecule has 0 radical (unpaired) electrons. The van der Waals surface area contributed by atoms with Crippen molar-refractivity contribution in [3.8, 4) is 0 Å². The molecule has 2 fully saturated rings. The van der Waals surface area contributed by atoms with Gasteiger partial charge in [-0.15, -0.1) is 0 Å². The quantitative estimate of drug-likeness (QED) is 0.576. The summed E-state index contributed by atoms with van der Waals surface area (Å²) >= 11 is 0. The normalized spacial score (nSPS) is 35.5. The van der Waals surface area contributed by atoms with E-state index in [0.29, 0.717) is 5.56 Å². The van der Waals surface area contributed by atoms with Crippen molar-refractivity contribution in [1.82, 2.24) is 10.3 Å². The van der Waals surface area contributed by atoms with E-state index in [1.165, 1.54) is 12.4 Å². The van der Waals surface area contributed by atoms with Gasteiger partial charge >= 0.3 is 11.9 Å². The highest BCUT2D eigenvalue weighted by Gasteiger charge is 2.74. The van der Waals surface area contributed by atoms with E-state index >= 15 is 0 Å². The second kappa shape index (κ2) is 4.77. The number of aliphatic carboxylic acids is 2. The molecule has 1 aromatic heterocycles. The van der Waals surface area contributed by atoms with Crippen molar-refractivity contribution < 1.29 is 24.6 Å². The average molecular weight is 305 g/mol. The van der Waals surface area contributed by atoms with Crippen molar-refractivity contribution in [3.05, 3.63) is 30.1 Å². The largest absolute Gasteiger partial charge is 0.481 e. The maximum absolute atomic E-state index is 12.1.